The largest absolute Gasteiger partial charge is 0.493 e. The van der Waals surface area contributed by atoms with E-state index in [9.17, 15) is 4.79 Å². The van der Waals surface area contributed by atoms with Crippen molar-refractivity contribution in [2.24, 2.45) is 0 Å². The Bertz CT molecular complexity index is 363. The van der Waals surface area contributed by atoms with Crippen molar-refractivity contribution in [3.63, 3.8) is 0 Å². The van der Waals surface area contributed by atoms with Crippen LogP contribution in [-0.4, -0.2) is 31.8 Å². The minimum Gasteiger partial charge on any atom is -0.493 e. The van der Waals surface area contributed by atoms with Gasteiger partial charge in [0.2, 0.25) is 0 Å². The molecule has 2 N–H and O–H groups in total. The number of benzene rings is 1. The van der Waals surface area contributed by atoms with Crippen LogP contribution in [0.2, 0.25) is 0 Å². The molecular formula is C11H15NO4. The van der Waals surface area contributed by atoms with E-state index in [1.54, 1.807) is 32.4 Å². The number of hydroxylamine groups is 1. The van der Waals surface area contributed by atoms with E-state index < -0.39 is 5.97 Å². The first-order chi connectivity index (χ1) is 7.69. The van der Waals surface area contributed by atoms with E-state index in [2.05, 4.69) is 10.3 Å². The maximum absolute atomic E-state index is 10.6. The molecule has 0 spiro atoms. The molecule has 0 fully saturated rings. The zero-order valence-corrected chi connectivity index (χ0v) is 9.32. The number of rotatable bonds is 2. The molecule has 0 unspecified atom stereocenters. The van der Waals surface area contributed by atoms with E-state index in [0.29, 0.717) is 12.2 Å². The monoisotopic (exact) mass is 225 g/mol. The lowest BCUT2D eigenvalue weighted by Crippen LogP contribution is -2.00. The first-order valence-electron chi connectivity index (χ1n) is 4.87. The molecule has 1 aliphatic rings. The normalized spacial score (nSPS) is 12.1. The lowest BCUT2D eigenvalue weighted by Gasteiger charge is -1.98. The van der Waals surface area contributed by atoms with Crippen LogP contribution in [0.25, 0.3) is 0 Å². The summed E-state index contributed by atoms with van der Waals surface area (Å²) in [6, 6.07) is 4.95. The van der Waals surface area contributed by atoms with Crippen molar-refractivity contribution in [1.29, 1.82) is 0 Å². The highest BCUT2D eigenvalue weighted by molar-refractivity contribution is 5.88. The number of nitrogens with one attached hydrogen (secondary N) is 1. The van der Waals surface area contributed by atoms with Gasteiger partial charge in [0.25, 0.3) is 0 Å². The second-order valence-electron chi connectivity index (χ2n) is 3.13. The van der Waals surface area contributed by atoms with Crippen LogP contribution in [-0.2, 0) is 11.3 Å². The van der Waals surface area contributed by atoms with Gasteiger partial charge in [0.1, 0.15) is 5.75 Å². The van der Waals surface area contributed by atoms with Crippen molar-refractivity contribution >= 4 is 5.97 Å². The topological polar surface area (TPSA) is 67.8 Å². The van der Waals surface area contributed by atoms with Gasteiger partial charge >= 0.3 is 5.97 Å². The minimum atomic E-state index is -0.885. The summed E-state index contributed by atoms with van der Waals surface area (Å²) >= 11 is 0. The van der Waals surface area contributed by atoms with Gasteiger partial charge in [0.05, 0.1) is 19.3 Å². The molecule has 0 saturated carbocycles. The summed E-state index contributed by atoms with van der Waals surface area (Å²) in [5.74, 6) is -0.0651. The number of carboxylic acid groups (broad SMARTS) is 1. The predicted octanol–water partition coefficient (Wildman–Crippen LogP) is 1.09. The summed E-state index contributed by atoms with van der Waals surface area (Å²) < 4.78 is 5.24. The van der Waals surface area contributed by atoms with E-state index in [-0.39, 0.29) is 0 Å². The molecule has 1 heterocycles. The molecule has 1 aliphatic heterocycles. The molecule has 1 aromatic carbocycles. The maximum Gasteiger partial charge on any atom is 0.335 e. The van der Waals surface area contributed by atoms with Crippen molar-refractivity contribution in [3.8, 4) is 5.75 Å². The fourth-order valence-electron chi connectivity index (χ4n) is 1.32. The lowest BCUT2D eigenvalue weighted by atomic mass is 10.1. The third-order valence-corrected chi connectivity index (χ3v) is 2.14. The average Bonchev–Trinajstić information content (AvgIpc) is 2.76. The molecule has 0 aliphatic carbocycles. The van der Waals surface area contributed by atoms with E-state index in [0.717, 1.165) is 17.7 Å². The summed E-state index contributed by atoms with van der Waals surface area (Å²) in [5, 5.41) is 8.68. The average molecular weight is 225 g/mol. The number of carboxylic acids is 1. The van der Waals surface area contributed by atoms with Crippen LogP contribution in [0.15, 0.2) is 18.2 Å². The number of aromatic carboxylic acids is 1. The quantitative estimate of drug-likeness (QED) is 0.737. The van der Waals surface area contributed by atoms with Gasteiger partial charge in [-0.05, 0) is 23.8 Å². The summed E-state index contributed by atoms with van der Waals surface area (Å²) in [6.07, 6.45) is 0.816. The van der Waals surface area contributed by atoms with E-state index in [1.165, 1.54) is 0 Å². The van der Waals surface area contributed by atoms with Crippen molar-refractivity contribution in [1.82, 2.24) is 5.48 Å². The Kier molecular flexibility index (Phi) is 4.75. The molecule has 0 radical (unpaired) electrons. The van der Waals surface area contributed by atoms with Gasteiger partial charge in [-0.25, -0.2) is 10.3 Å². The minimum absolute atomic E-state index is 0.333. The highest BCUT2D eigenvalue weighted by Gasteiger charge is 2.13. The summed E-state index contributed by atoms with van der Waals surface area (Å²) in [4.78, 5) is 14.9. The van der Waals surface area contributed by atoms with Gasteiger partial charge in [-0.3, -0.25) is 0 Å². The Morgan fingerprint density at radius 3 is 2.81 bits per heavy atom. The highest BCUT2D eigenvalue weighted by Crippen LogP contribution is 2.25. The number of ether oxygens (including phenoxy) is 1. The van der Waals surface area contributed by atoms with Crippen LogP contribution in [0.3, 0.4) is 0 Å². The van der Waals surface area contributed by atoms with Crippen LogP contribution in [0.5, 0.6) is 5.75 Å². The molecule has 0 bridgehead atoms. The molecule has 0 amide bonds. The molecule has 5 heteroatoms. The molecule has 5 nitrogen and oxygen atoms in total. The predicted molar refractivity (Wildman–Crippen MR) is 58.7 cm³/mol. The van der Waals surface area contributed by atoms with E-state index >= 15 is 0 Å². The lowest BCUT2D eigenvalue weighted by molar-refractivity contribution is 0.0697. The van der Waals surface area contributed by atoms with Crippen LogP contribution in [0.1, 0.15) is 15.9 Å². The number of hydrogen-bond donors (Lipinski definition) is 2. The van der Waals surface area contributed by atoms with Crippen molar-refractivity contribution in [2.45, 2.75) is 6.42 Å². The van der Waals surface area contributed by atoms with Gasteiger partial charge in [0.15, 0.2) is 0 Å². The SMILES string of the molecule is CNOC.O=C(O)c1ccc2c(c1)CCO2. The maximum atomic E-state index is 10.6. The fraction of sp³-hybridized carbons (Fsp3) is 0.364. The van der Waals surface area contributed by atoms with E-state index in [4.69, 9.17) is 9.84 Å². The molecular weight excluding hydrogens is 210 g/mol. The van der Waals surface area contributed by atoms with Gasteiger partial charge in [-0.2, -0.15) is 0 Å². The van der Waals surface area contributed by atoms with Crippen LogP contribution in [0.4, 0.5) is 0 Å². The highest BCUT2D eigenvalue weighted by atomic mass is 16.6. The smallest absolute Gasteiger partial charge is 0.335 e. The first kappa shape index (κ1) is 12.5. The summed E-state index contributed by atoms with van der Waals surface area (Å²) in [7, 11) is 3.28. The van der Waals surface area contributed by atoms with E-state index in [1.807, 2.05) is 0 Å². The van der Waals surface area contributed by atoms with Gasteiger partial charge in [-0.1, -0.05) is 0 Å². The molecule has 2 rings (SSSR count). The van der Waals surface area contributed by atoms with Crippen molar-refractivity contribution in [3.05, 3.63) is 29.3 Å². The third kappa shape index (κ3) is 3.22. The third-order valence-electron chi connectivity index (χ3n) is 2.14. The Morgan fingerprint density at radius 1 is 1.56 bits per heavy atom. The zero-order valence-electron chi connectivity index (χ0n) is 9.32. The number of hydrogen-bond acceptors (Lipinski definition) is 4. The Labute approximate surface area is 93.9 Å². The molecule has 0 atom stereocenters. The van der Waals surface area contributed by atoms with Gasteiger partial charge in [0, 0.05) is 13.5 Å². The van der Waals surface area contributed by atoms with Crippen molar-refractivity contribution in [2.75, 3.05) is 20.8 Å². The Balaban J connectivity index is 0.000000280. The standard InChI is InChI=1S/C9H8O3.C2H7NO/c10-9(11)7-1-2-8-6(5-7)3-4-12-8;1-3-4-2/h1-2,5H,3-4H2,(H,10,11);3H,1-2H3. The molecule has 0 aromatic heterocycles. The zero-order chi connectivity index (χ0) is 12.0. The van der Waals surface area contributed by atoms with Crippen LogP contribution < -0.4 is 10.2 Å². The van der Waals surface area contributed by atoms with Crippen molar-refractivity contribution < 1.29 is 19.5 Å². The number of carbonyl (C=O) groups is 1. The van der Waals surface area contributed by atoms with Gasteiger partial charge in [-0.15, -0.1) is 0 Å². The second kappa shape index (κ2) is 6.09. The molecule has 16 heavy (non-hydrogen) atoms. The number of fused-ring (bicyclic) bond motifs is 1. The second-order valence-corrected chi connectivity index (χ2v) is 3.13. The molecule has 1 aromatic rings. The first-order valence-corrected chi connectivity index (χ1v) is 4.87. The molecule has 88 valence electrons. The van der Waals surface area contributed by atoms with Gasteiger partial charge < -0.3 is 14.7 Å². The van der Waals surface area contributed by atoms with Crippen LogP contribution >= 0.6 is 0 Å². The summed E-state index contributed by atoms with van der Waals surface area (Å²) in [6.45, 7) is 0.665. The Hall–Kier alpha value is -1.59. The molecule has 0 saturated heterocycles. The summed E-state index contributed by atoms with van der Waals surface area (Å²) in [5.41, 5.74) is 3.76. The fourth-order valence-corrected chi connectivity index (χ4v) is 1.32. The Morgan fingerprint density at radius 2 is 2.25 bits per heavy atom. The van der Waals surface area contributed by atoms with Crippen LogP contribution in [0, 0.1) is 0 Å².